The third kappa shape index (κ3) is 3.30. The van der Waals surface area contributed by atoms with Crippen LogP contribution >= 0.6 is 0 Å². The highest BCUT2D eigenvalue weighted by atomic mass is 19.1. The van der Waals surface area contributed by atoms with Crippen LogP contribution in [0.3, 0.4) is 0 Å². The molecule has 0 aliphatic carbocycles. The Morgan fingerprint density at radius 1 is 1.24 bits per heavy atom. The molecule has 0 unspecified atom stereocenters. The molecule has 0 bridgehead atoms. The lowest BCUT2D eigenvalue weighted by Gasteiger charge is -2.32. The number of amides is 1. The van der Waals surface area contributed by atoms with Gasteiger partial charge in [-0.05, 0) is 57.4 Å². The van der Waals surface area contributed by atoms with Crippen molar-refractivity contribution in [2.75, 3.05) is 7.11 Å². The second-order valence-corrected chi connectivity index (χ2v) is 8.43. The van der Waals surface area contributed by atoms with Crippen molar-refractivity contribution < 1.29 is 23.2 Å². The molecule has 29 heavy (non-hydrogen) atoms. The number of carbonyl (C=O) groups excluding carboxylic acids is 1. The molecule has 8 heteroatoms. The highest BCUT2D eigenvalue weighted by Crippen LogP contribution is 2.37. The summed E-state index contributed by atoms with van der Waals surface area (Å²) in [5.74, 6) is -0.276. The van der Waals surface area contributed by atoms with Gasteiger partial charge in [0.15, 0.2) is 0 Å². The van der Waals surface area contributed by atoms with Gasteiger partial charge in [-0.3, -0.25) is 9.78 Å². The molecule has 0 spiro atoms. The minimum Gasteiger partial charge on any atom is -0.496 e. The molecule has 1 aromatic heterocycles. The summed E-state index contributed by atoms with van der Waals surface area (Å²) in [4.78, 5) is 18.4. The van der Waals surface area contributed by atoms with Crippen LogP contribution in [0.2, 0.25) is 0 Å². The lowest BCUT2D eigenvalue weighted by molar-refractivity contribution is 0.00578. The highest BCUT2D eigenvalue weighted by Gasteiger charge is 2.52. The van der Waals surface area contributed by atoms with Gasteiger partial charge in [0.1, 0.15) is 11.6 Å². The van der Waals surface area contributed by atoms with E-state index in [4.69, 9.17) is 14.0 Å². The number of carbonyl (C=O) groups is 1. The van der Waals surface area contributed by atoms with E-state index in [0.29, 0.717) is 34.6 Å². The van der Waals surface area contributed by atoms with Crippen molar-refractivity contribution >= 4 is 18.5 Å². The molecule has 0 radical (unpaired) electrons. The Morgan fingerprint density at radius 3 is 2.55 bits per heavy atom. The zero-order valence-electron chi connectivity index (χ0n) is 17.3. The fourth-order valence-corrected chi connectivity index (χ4v) is 3.58. The van der Waals surface area contributed by atoms with E-state index in [0.717, 1.165) is 0 Å². The molecule has 6 nitrogen and oxygen atoms in total. The third-order valence-corrected chi connectivity index (χ3v) is 6.02. The van der Waals surface area contributed by atoms with Gasteiger partial charge in [0.2, 0.25) is 0 Å². The van der Waals surface area contributed by atoms with Crippen LogP contribution in [-0.2, 0) is 22.4 Å². The molecule has 1 fully saturated rings. The molecule has 1 aromatic carbocycles. The van der Waals surface area contributed by atoms with E-state index < -0.39 is 24.1 Å². The van der Waals surface area contributed by atoms with Crippen LogP contribution in [0.1, 0.15) is 49.3 Å². The summed E-state index contributed by atoms with van der Waals surface area (Å²) in [6, 6.07) is 6.57. The first-order valence-electron chi connectivity index (χ1n) is 9.58. The lowest BCUT2D eigenvalue weighted by atomic mass is 9.78. The number of pyridine rings is 1. The maximum absolute atomic E-state index is 15.1. The van der Waals surface area contributed by atoms with Gasteiger partial charge >= 0.3 is 7.12 Å². The second kappa shape index (κ2) is 6.81. The number of hydrogen-bond acceptors (Lipinski definition) is 5. The summed E-state index contributed by atoms with van der Waals surface area (Å²) in [6.07, 6.45) is 1.65. The van der Waals surface area contributed by atoms with E-state index >= 15 is 4.39 Å². The largest absolute Gasteiger partial charge is 0.496 e. The number of rotatable bonds is 4. The number of benzene rings is 1. The summed E-state index contributed by atoms with van der Waals surface area (Å²) in [6.45, 7) is 8.21. The van der Waals surface area contributed by atoms with Crippen LogP contribution < -0.4 is 10.2 Å². The molecule has 0 saturated carbocycles. The zero-order chi connectivity index (χ0) is 21.0. The van der Waals surface area contributed by atoms with Crippen molar-refractivity contribution in [2.45, 2.75) is 52.0 Å². The molecule has 0 atom stereocenters. The van der Waals surface area contributed by atoms with Crippen LogP contribution in [-0.4, -0.2) is 41.2 Å². The second-order valence-electron chi connectivity index (χ2n) is 8.43. The molecule has 1 saturated heterocycles. The van der Waals surface area contributed by atoms with E-state index in [1.54, 1.807) is 29.3 Å². The molecule has 152 valence electrons. The van der Waals surface area contributed by atoms with Crippen molar-refractivity contribution in [3.8, 4) is 5.75 Å². The SMILES string of the molecule is COc1cc(B2OC(C)(C)C(C)(C)O2)cc(F)c1CN1Cc2ncccc2C1=O. The number of methoxy groups -OCH3 is 1. The first-order valence-corrected chi connectivity index (χ1v) is 9.58. The Morgan fingerprint density at radius 2 is 1.93 bits per heavy atom. The van der Waals surface area contributed by atoms with Crippen LogP contribution in [0.25, 0.3) is 0 Å². The Hall–Kier alpha value is -2.45. The Kier molecular flexibility index (Phi) is 4.66. The number of fused-ring (bicyclic) bond motifs is 1. The summed E-state index contributed by atoms with van der Waals surface area (Å²) in [5, 5.41) is 0. The van der Waals surface area contributed by atoms with Gasteiger partial charge in [-0.15, -0.1) is 0 Å². The quantitative estimate of drug-likeness (QED) is 0.742. The molecule has 3 heterocycles. The Labute approximate surface area is 170 Å². The highest BCUT2D eigenvalue weighted by molar-refractivity contribution is 6.62. The molecule has 1 amide bonds. The molecule has 2 aliphatic rings. The van der Waals surface area contributed by atoms with Gasteiger partial charge in [-0.2, -0.15) is 0 Å². The predicted octanol–water partition coefficient (Wildman–Crippen LogP) is 2.68. The summed E-state index contributed by atoms with van der Waals surface area (Å²) < 4.78 is 32.6. The van der Waals surface area contributed by atoms with E-state index in [9.17, 15) is 4.79 Å². The van der Waals surface area contributed by atoms with E-state index in [-0.39, 0.29) is 12.5 Å². The normalized spacial score (nSPS) is 19.6. The van der Waals surface area contributed by atoms with Crippen LogP contribution in [0.4, 0.5) is 4.39 Å². The minimum atomic E-state index is -0.695. The predicted molar refractivity (Wildman–Crippen MR) is 106 cm³/mol. The fraction of sp³-hybridized carbons (Fsp3) is 0.429. The van der Waals surface area contributed by atoms with Crippen LogP contribution in [0, 0.1) is 5.82 Å². The average Bonchev–Trinajstić information content (AvgIpc) is 3.09. The van der Waals surface area contributed by atoms with Crippen molar-refractivity contribution in [1.82, 2.24) is 9.88 Å². The topological polar surface area (TPSA) is 60.9 Å². The van der Waals surface area contributed by atoms with E-state index in [1.807, 2.05) is 27.7 Å². The maximum Gasteiger partial charge on any atom is 0.495 e. The molecule has 2 aliphatic heterocycles. The standard InChI is InChI=1S/C21H24BFN2O4/c1-20(2)21(3,4)29-22(28-20)13-9-16(23)15(18(10-13)27-5)11-25-12-17-14(19(25)26)7-6-8-24-17/h6-10H,11-12H2,1-5H3. The van der Waals surface area contributed by atoms with Gasteiger partial charge in [-0.1, -0.05) is 0 Å². The van der Waals surface area contributed by atoms with Gasteiger partial charge in [0, 0.05) is 11.8 Å². The Balaban J connectivity index is 1.61. The first kappa shape index (κ1) is 19.9. The van der Waals surface area contributed by atoms with Crippen molar-refractivity contribution in [2.24, 2.45) is 0 Å². The third-order valence-electron chi connectivity index (χ3n) is 6.02. The lowest BCUT2D eigenvalue weighted by Crippen LogP contribution is -2.41. The summed E-state index contributed by atoms with van der Waals surface area (Å²) in [5.41, 5.74) is 1.06. The monoisotopic (exact) mass is 398 g/mol. The van der Waals surface area contributed by atoms with E-state index in [2.05, 4.69) is 4.98 Å². The van der Waals surface area contributed by atoms with Gasteiger partial charge < -0.3 is 18.9 Å². The van der Waals surface area contributed by atoms with Crippen molar-refractivity contribution in [1.29, 1.82) is 0 Å². The summed E-state index contributed by atoms with van der Waals surface area (Å²) in [7, 11) is 0.785. The number of hydrogen-bond donors (Lipinski definition) is 0. The van der Waals surface area contributed by atoms with Crippen molar-refractivity contribution in [3.63, 3.8) is 0 Å². The molecular weight excluding hydrogens is 374 g/mol. The van der Waals surface area contributed by atoms with Crippen LogP contribution in [0.15, 0.2) is 30.5 Å². The molecular formula is C21H24BFN2O4. The number of ether oxygens (including phenoxy) is 1. The molecule has 2 aromatic rings. The smallest absolute Gasteiger partial charge is 0.495 e. The molecule has 0 N–H and O–H groups in total. The molecule has 4 rings (SSSR count). The summed E-state index contributed by atoms with van der Waals surface area (Å²) >= 11 is 0. The van der Waals surface area contributed by atoms with E-state index in [1.165, 1.54) is 13.2 Å². The van der Waals surface area contributed by atoms with Crippen molar-refractivity contribution in [3.05, 3.63) is 53.1 Å². The fourth-order valence-electron chi connectivity index (χ4n) is 3.58. The van der Waals surface area contributed by atoms with Gasteiger partial charge in [0.05, 0.1) is 42.7 Å². The first-order chi connectivity index (χ1) is 13.6. The van der Waals surface area contributed by atoms with Gasteiger partial charge in [0.25, 0.3) is 5.91 Å². The maximum atomic E-state index is 15.1. The number of aromatic nitrogens is 1. The number of halogens is 1. The number of nitrogens with zero attached hydrogens (tertiary/aromatic N) is 2. The average molecular weight is 398 g/mol. The van der Waals surface area contributed by atoms with Crippen LogP contribution in [0.5, 0.6) is 5.75 Å². The Bertz CT molecular complexity index is 963. The van der Waals surface area contributed by atoms with Gasteiger partial charge in [-0.25, -0.2) is 4.39 Å². The zero-order valence-corrected chi connectivity index (χ0v) is 17.3. The minimum absolute atomic E-state index is 0.0911.